The van der Waals surface area contributed by atoms with Gasteiger partial charge in [0, 0.05) is 0 Å². The fourth-order valence-corrected chi connectivity index (χ4v) is 3.06. The van der Waals surface area contributed by atoms with Crippen molar-refractivity contribution in [3.8, 4) is 0 Å². The first-order valence-corrected chi connectivity index (χ1v) is 7.13. The van der Waals surface area contributed by atoms with Crippen LogP contribution in [0.5, 0.6) is 0 Å². The second-order valence-corrected chi connectivity index (χ2v) is 5.85. The highest BCUT2D eigenvalue weighted by Gasteiger charge is 2.20. The first kappa shape index (κ1) is 13.6. The molecule has 2 aromatic rings. The molecule has 0 amide bonds. The molecule has 0 aliphatic carbocycles. The van der Waals surface area contributed by atoms with Gasteiger partial charge in [0.2, 0.25) is 0 Å². The van der Waals surface area contributed by atoms with E-state index in [2.05, 4.69) is 14.9 Å². The van der Waals surface area contributed by atoms with Crippen LogP contribution in [-0.2, 0) is 10.0 Å². The van der Waals surface area contributed by atoms with Gasteiger partial charge in [0.1, 0.15) is 4.90 Å². The Morgan fingerprint density at radius 1 is 1.21 bits per heavy atom. The minimum atomic E-state index is -3.81. The average Bonchev–Trinajstić information content (AvgIpc) is 2.31. The molecule has 2 rings (SSSR count). The third kappa shape index (κ3) is 2.94. The maximum absolute atomic E-state index is 12.2. The highest BCUT2D eigenvalue weighted by molar-refractivity contribution is 7.93. The Balaban J connectivity index is 2.41. The van der Waals surface area contributed by atoms with E-state index in [1.807, 2.05) is 0 Å². The van der Waals surface area contributed by atoms with E-state index < -0.39 is 10.0 Å². The van der Waals surface area contributed by atoms with E-state index in [0.717, 1.165) is 0 Å². The van der Waals surface area contributed by atoms with Gasteiger partial charge < -0.3 is 5.73 Å². The van der Waals surface area contributed by atoms with Gasteiger partial charge in [-0.15, -0.1) is 10.2 Å². The lowest BCUT2D eigenvalue weighted by Crippen LogP contribution is -2.17. The van der Waals surface area contributed by atoms with Crippen molar-refractivity contribution in [3.63, 3.8) is 0 Å². The van der Waals surface area contributed by atoms with Gasteiger partial charge in [-0.05, 0) is 30.7 Å². The molecule has 0 fully saturated rings. The fourth-order valence-electron chi connectivity index (χ4n) is 1.60. The molecule has 0 spiro atoms. The predicted molar refractivity (Wildman–Crippen MR) is 73.4 cm³/mol. The van der Waals surface area contributed by atoms with Crippen LogP contribution in [0.15, 0.2) is 35.2 Å². The summed E-state index contributed by atoms with van der Waals surface area (Å²) >= 11 is 5.58. The molecule has 0 bridgehead atoms. The summed E-state index contributed by atoms with van der Waals surface area (Å²) in [5.74, 6) is 0.0760. The summed E-state index contributed by atoms with van der Waals surface area (Å²) in [6, 6.07) is 7.73. The average molecular weight is 299 g/mol. The van der Waals surface area contributed by atoms with Crippen molar-refractivity contribution in [1.82, 2.24) is 10.2 Å². The maximum atomic E-state index is 12.2. The number of aryl methyl sites for hydroxylation is 1. The van der Waals surface area contributed by atoms with Crippen molar-refractivity contribution in [2.24, 2.45) is 0 Å². The molecule has 19 heavy (non-hydrogen) atoms. The summed E-state index contributed by atoms with van der Waals surface area (Å²) in [6.45, 7) is 1.67. The van der Waals surface area contributed by atoms with E-state index in [-0.39, 0.29) is 21.6 Å². The summed E-state index contributed by atoms with van der Waals surface area (Å²) in [5.41, 5.74) is 6.43. The van der Waals surface area contributed by atoms with Crippen molar-refractivity contribution < 1.29 is 8.42 Å². The quantitative estimate of drug-likeness (QED) is 0.842. The Hall–Kier alpha value is -1.86. The molecule has 0 radical (unpaired) electrons. The first-order chi connectivity index (χ1) is 8.90. The van der Waals surface area contributed by atoms with Gasteiger partial charge in [0.15, 0.2) is 11.0 Å². The Morgan fingerprint density at radius 2 is 1.95 bits per heavy atom. The van der Waals surface area contributed by atoms with Crippen LogP contribution in [0, 0.1) is 6.92 Å². The summed E-state index contributed by atoms with van der Waals surface area (Å²) in [7, 11) is -3.81. The lowest BCUT2D eigenvalue weighted by Gasteiger charge is -2.11. The van der Waals surface area contributed by atoms with Crippen LogP contribution < -0.4 is 10.5 Å². The van der Waals surface area contributed by atoms with Crippen LogP contribution in [0.25, 0.3) is 0 Å². The number of nitrogens with two attached hydrogens (primary N) is 1. The van der Waals surface area contributed by atoms with Crippen molar-refractivity contribution in [2.75, 3.05) is 10.5 Å². The number of anilines is 2. The number of hydrogen-bond acceptors (Lipinski definition) is 5. The predicted octanol–water partition coefficient (Wildman–Crippen LogP) is 1.82. The first-order valence-electron chi connectivity index (χ1n) is 5.27. The molecule has 0 saturated carbocycles. The second kappa shape index (κ2) is 5.02. The summed E-state index contributed by atoms with van der Waals surface area (Å²) < 4.78 is 26.8. The van der Waals surface area contributed by atoms with Gasteiger partial charge >= 0.3 is 0 Å². The van der Waals surface area contributed by atoms with Gasteiger partial charge in [-0.25, -0.2) is 8.42 Å². The molecule has 6 nitrogen and oxygen atoms in total. The van der Waals surface area contributed by atoms with Crippen molar-refractivity contribution >= 4 is 33.1 Å². The smallest absolute Gasteiger partial charge is 0.265 e. The molecule has 1 heterocycles. The standard InChI is InChI=1S/C11H11ClN4O2S/c1-7-3-2-4-8(13)11(7)19(17,18)16-10-6-5-9(12)14-15-10/h2-6H,13H2,1H3,(H,15,16). The summed E-state index contributed by atoms with van der Waals surface area (Å²) in [4.78, 5) is 0.0340. The molecule has 0 saturated heterocycles. The van der Waals surface area contributed by atoms with Crippen LogP contribution in [0.1, 0.15) is 5.56 Å². The number of aromatic nitrogens is 2. The Kier molecular flexibility index (Phi) is 3.59. The minimum absolute atomic E-state index is 0.0340. The maximum Gasteiger partial charge on any atom is 0.265 e. The zero-order valence-electron chi connectivity index (χ0n) is 9.96. The van der Waals surface area contributed by atoms with E-state index in [0.29, 0.717) is 5.56 Å². The van der Waals surface area contributed by atoms with Crippen molar-refractivity contribution in [2.45, 2.75) is 11.8 Å². The Morgan fingerprint density at radius 3 is 2.53 bits per heavy atom. The van der Waals surface area contributed by atoms with Crippen molar-refractivity contribution in [1.29, 1.82) is 0 Å². The highest BCUT2D eigenvalue weighted by atomic mass is 35.5. The second-order valence-electron chi connectivity index (χ2n) is 3.84. The lowest BCUT2D eigenvalue weighted by molar-refractivity contribution is 0.600. The summed E-state index contributed by atoms with van der Waals surface area (Å²) in [6.07, 6.45) is 0. The van der Waals surface area contributed by atoms with Crippen LogP contribution in [0.2, 0.25) is 5.15 Å². The van der Waals surface area contributed by atoms with E-state index in [1.54, 1.807) is 19.1 Å². The lowest BCUT2D eigenvalue weighted by atomic mass is 10.2. The summed E-state index contributed by atoms with van der Waals surface area (Å²) in [5, 5.41) is 7.37. The Bertz CT molecular complexity index is 681. The zero-order chi connectivity index (χ0) is 14.0. The minimum Gasteiger partial charge on any atom is -0.398 e. The zero-order valence-corrected chi connectivity index (χ0v) is 11.5. The number of halogens is 1. The molecule has 1 aromatic carbocycles. The van der Waals surface area contributed by atoms with Gasteiger partial charge in [0.05, 0.1) is 5.69 Å². The molecule has 0 aliphatic rings. The SMILES string of the molecule is Cc1cccc(N)c1S(=O)(=O)Nc1ccc(Cl)nn1. The molecule has 8 heteroatoms. The third-order valence-corrected chi connectivity index (χ3v) is 4.16. The number of hydrogen-bond donors (Lipinski definition) is 2. The number of rotatable bonds is 3. The molecular formula is C11H11ClN4O2S. The largest absolute Gasteiger partial charge is 0.398 e. The van der Waals surface area contributed by atoms with Gasteiger partial charge in [0.25, 0.3) is 10.0 Å². The molecule has 0 aliphatic heterocycles. The molecule has 3 N–H and O–H groups in total. The van der Waals surface area contributed by atoms with E-state index in [4.69, 9.17) is 17.3 Å². The molecular weight excluding hydrogens is 288 g/mol. The van der Waals surface area contributed by atoms with E-state index in [1.165, 1.54) is 18.2 Å². The molecule has 1 aromatic heterocycles. The van der Waals surface area contributed by atoms with Crippen LogP contribution >= 0.6 is 11.6 Å². The third-order valence-electron chi connectivity index (χ3n) is 2.38. The molecule has 0 atom stereocenters. The van der Waals surface area contributed by atoms with Gasteiger partial charge in [-0.1, -0.05) is 23.7 Å². The normalized spacial score (nSPS) is 11.3. The van der Waals surface area contributed by atoms with Gasteiger partial charge in [-0.3, -0.25) is 4.72 Å². The number of nitrogen functional groups attached to an aromatic ring is 1. The molecule has 100 valence electrons. The topological polar surface area (TPSA) is 98.0 Å². The van der Waals surface area contributed by atoms with Gasteiger partial charge in [-0.2, -0.15) is 0 Å². The van der Waals surface area contributed by atoms with Crippen LogP contribution in [0.4, 0.5) is 11.5 Å². The monoisotopic (exact) mass is 298 g/mol. The van der Waals surface area contributed by atoms with E-state index >= 15 is 0 Å². The van der Waals surface area contributed by atoms with Crippen LogP contribution in [0.3, 0.4) is 0 Å². The van der Waals surface area contributed by atoms with Crippen LogP contribution in [-0.4, -0.2) is 18.6 Å². The number of benzene rings is 1. The van der Waals surface area contributed by atoms with E-state index in [9.17, 15) is 8.42 Å². The fraction of sp³-hybridized carbons (Fsp3) is 0.0909. The highest BCUT2D eigenvalue weighted by Crippen LogP contribution is 2.24. The number of nitrogens with zero attached hydrogens (tertiary/aromatic N) is 2. The number of sulfonamides is 1. The van der Waals surface area contributed by atoms with Crippen molar-refractivity contribution in [3.05, 3.63) is 41.0 Å². The molecule has 0 unspecified atom stereocenters. The Labute approximate surface area is 115 Å². The number of nitrogens with one attached hydrogen (secondary N) is 1.